The van der Waals surface area contributed by atoms with E-state index < -0.39 is 18.6 Å². The zero-order valence-corrected chi connectivity index (χ0v) is 22.0. The Hall–Kier alpha value is -3.91. The molecule has 1 heterocycles. The molecule has 4 aromatic rings. The maximum absolute atomic E-state index is 11.4. The van der Waals surface area contributed by atoms with Crippen molar-refractivity contribution in [2.24, 2.45) is 0 Å². The van der Waals surface area contributed by atoms with Gasteiger partial charge in [0.1, 0.15) is 30.3 Å². The van der Waals surface area contributed by atoms with Crippen LogP contribution in [0.15, 0.2) is 85.2 Å². The summed E-state index contributed by atoms with van der Waals surface area (Å²) in [7, 11) is 0. The zero-order chi connectivity index (χ0) is 27.2. The maximum atomic E-state index is 11.4. The van der Waals surface area contributed by atoms with Gasteiger partial charge in [-0.2, -0.15) is 0 Å². The van der Waals surface area contributed by atoms with Crippen LogP contribution in [0.2, 0.25) is 5.02 Å². The Bertz CT molecular complexity index is 1430. The lowest BCUT2D eigenvalue weighted by atomic mass is 9.97. The van der Waals surface area contributed by atoms with E-state index in [1.54, 1.807) is 24.5 Å². The highest BCUT2D eigenvalue weighted by molar-refractivity contribution is 6.32. The third-order valence-electron chi connectivity index (χ3n) is 6.82. The summed E-state index contributed by atoms with van der Waals surface area (Å²) in [5.74, 6) is -0.151. The van der Waals surface area contributed by atoms with Gasteiger partial charge in [0.2, 0.25) is 0 Å². The molecule has 0 saturated heterocycles. The van der Waals surface area contributed by atoms with Crippen molar-refractivity contribution in [2.75, 3.05) is 6.61 Å². The number of carbonyl (C=O) groups is 1. The Balaban J connectivity index is 1.41. The van der Waals surface area contributed by atoms with E-state index in [9.17, 15) is 15.0 Å². The van der Waals surface area contributed by atoms with Crippen LogP contribution in [0.4, 0.5) is 0 Å². The van der Waals surface area contributed by atoms with Gasteiger partial charge in [0.25, 0.3) is 0 Å². The van der Waals surface area contributed by atoms with E-state index in [1.807, 2.05) is 30.3 Å². The lowest BCUT2D eigenvalue weighted by Crippen LogP contribution is -2.39. The van der Waals surface area contributed by atoms with Crippen molar-refractivity contribution in [3.63, 3.8) is 0 Å². The quantitative estimate of drug-likeness (QED) is 0.226. The molecule has 0 fully saturated rings. The molecular weight excluding hydrogens is 516 g/mol. The molecule has 8 heteroatoms. The van der Waals surface area contributed by atoms with Crippen molar-refractivity contribution in [3.05, 3.63) is 112 Å². The van der Waals surface area contributed by atoms with Crippen molar-refractivity contribution in [3.8, 4) is 22.6 Å². The molecule has 200 valence electrons. The summed E-state index contributed by atoms with van der Waals surface area (Å²) in [4.78, 5) is 15.5. The van der Waals surface area contributed by atoms with E-state index in [-0.39, 0.29) is 19.3 Å². The number of aromatic nitrogens is 1. The van der Waals surface area contributed by atoms with Crippen LogP contribution in [0.25, 0.3) is 11.1 Å². The predicted molar refractivity (Wildman–Crippen MR) is 149 cm³/mol. The Morgan fingerprint density at radius 2 is 1.92 bits per heavy atom. The van der Waals surface area contributed by atoms with Gasteiger partial charge in [0.15, 0.2) is 0 Å². The number of hydrogen-bond donors (Lipinski definition) is 3. The summed E-state index contributed by atoms with van der Waals surface area (Å²) in [6.45, 7) is -0.147. The second kappa shape index (κ2) is 12.3. The van der Waals surface area contributed by atoms with E-state index in [2.05, 4.69) is 40.6 Å². The number of carboxylic acid groups (broad SMARTS) is 1. The topological polar surface area (TPSA) is 101 Å². The Labute approximate surface area is 232 Å². The number of aliphatic hydroxyl groups is 1. The average Bonchev–Trinajstić information content (AvgIpc) is 3.37. The fourth-order valence-electron chi connectivity index (χ4n) is 4.83. The monoisotopic (exact) mass is 544 g/mol. The highest BCUT2D eigenvalue weighted by atomic mass is 35.5. The number of nitrogens with one attached hydrogen (secondary N) is 1. The van der Waals surface area contributed by atoms with E-state index >= 15 is 0 Å². The maximum Gasteiger partial charge on any atom is 0.323 e. The number of halogens is 1. The molecule has 0 radical (unpaired) electrons. The van der Waals surface area contributed by atoms with Crippen LogP contribution >= 0.6 is 11.6 Å². The Morgan fingerprint density at radius 3 is 2.67 bits per heavy atom. The smallest absolute Gasteiger partial charge is 0.323 e. The zero-order valence-electron chi connectivity index (χ0n) is 21.2. The number of nitrogens with zero attached hydrogens (tertiary/aromatic N) is 1. The van der Waals surface area contributed by atoms with E-state index in [1.165, 1.54) is 16.7 Å². The number of pyridine rings is 1. The van der Waals surface area contributed by atoms with Crippen molar-refractivity contribution >= 4 is 17.6 Å². The second-order valence-corrected chi connectivity index (χ2v) is 9.79. The molecule has 3 N–H and O–H groups in total. The van der Waals surface area contributed by atoms with Gasteiger partial charge in [0.05, 0.1) is 11.6 Å². The van der Waals surface area contributed by atoms with Crippen molar-refractivity contribution in [1.82, 2.24) is 10.3 Å². The number of hydrogen-bond acceptors (Lipinski definition) is 6. The van der Waals surface area contributed by atoms with E-state index in [4.69, 9.17) is 21.1 Å². The highest BCUT2D eigenvalue weighted by Gasteiger charge is 2.28. The standard InChI is InChI=1S/C31H29ClN2O5/c32-26-14-22(17-34-27(18-35)31(36)37)29(38-19-20-6-5-13-33-16-20)15-30(26)39-28-12-11-24-23(9-4-10-25(24)28)21-7-2-1-3-8-21/h1-10,13-16,27-28,34-35H,11-12,17-19H2,(H,36,37)/t27-,28?/m0/s1. The van der Waals surface area contributed by atoms with Crippen LogP contribution < -0.4 is 14.8 Å². The minimum Gasteiger partial charge on any atom is -0.488 e. The van der Waals surface area contributed by atoms with Crippen LogP contribution in [-0.4, -0.2) is 33.8 Å². The number of fused-ring (bicyclic) bond motifs is 1. The first-order valence-corrected chi connectivity index (χ1v) is 13.2. The van der Waals surface area contributed by atoms with Gasteiger partial charge < -0.3 is 19.7 Å². The summed E-state index contributed by atoms with van der Waals surface area (Å²) in [5.41, 5.74) is 6.34. The van der Waals surface area contributed by atoms with Gasteiger partial charge in [-0.25, -0.2) is 0 Å². The largest absolute Gasteiger partial charge is 0.488 e. The molecule has 0 aliphatic heterocycles. The summed E-state index contributed by atoms with van der Waals surface area (Å²) in [6, 6.07) is 22.7. The van der Waals surface area contributed by atoms with Crippen LogP contribution in [0.3, 0.4) is 0 Å². The fraction of sp³-hybridized carbons (Fsp3) is 0.226. The molecule has 2 atom stereocenters. The molecule has 7 nitrogen and oxygen atoms in total. The predicted octanol–water partition coefficient (Wildman–Crippen LogP) is 5.58. The van der Waals surface area contributed by atoms with Crippen LogP contribution in [0, 0.1) is 0 Å². The van der Waals surface area contributed by atoms with Crippen molar-refractivity contribution < 1.29 is 24.5 Å². The number of aliphatic hydroxyl groups excluding tert-OH is 1. The third-order valence-corrected chi connectivity index (χ3v) is 7.12. The first kappa shape index (κ1) is 26.7. The Kier molecular flexibility index (Phi) is 8.42. The van der Waals surface area contributed by atoms with Gasteiger partial charge in [-0.15, -0.1) is 0 Å². The van der Waals surface area contributed by atoms with Crippen molar-refractivity contribution in [1.29, 1.82) is 0 Å². The molecular formula is C31H29ClN2O5. The molecule has 0 saturated carbocycles. The molecule has 0 spiro atoms. The molecule has 39 heavy (non-hydrogen) atoms. The molecule has 5 rings (SSSR count). The van der Waals surface area contributed by atoms with Gasteiger partial charge in [-0.3, -0.25) is 15.1 Å². The molecule has 1 aliphatic carbocycles. The van der Waals surface area contributed by atoms with Gasteiger partial charge in [-0.05, 0) is 47.2 Å². The van der Waals surface area contributed by atoms with Crippen LogP contribution in [0.5, 0.6) is 11.5 Å². The number of aliphatic carboxylic acids is 1. The van der Waals surface area contributed by atoms with Crippen molar-refractivity contribution in [2.45, 2.75) is 38.1 Å². The fourth-order valence-corrected chi connectivity index (χ4v) is 5.06. The number of rotatable bonds is 11. The lowest BCUT2D eigenvalue weighted by Gasteiger charge is -2.20. The Morgan fingerprint density at radius 1 is 1.08 bits per heavy atom. The van der Waals surface area contributed by atoms with Crippen LogP contribution in [0.1, 0.15) is 34.8 Å². The SMILES string of the molecule is O=C(O)[C@H](CO)NCc1cc(Cl)c(OC2CCc3c(-c4ccccc4)cccc32)cc1OCc1cccnc1. The van der Waals surface area contributed by atoms with E-state index in [0.717, 1.165) is 24.0 Å². The number of benzene rings is 3. The first-order valence-electron chi connectivity index (χ1n) is 12.8. The third kappa shape index (κ3) is 6.23. The highest BCUT2D eigenvalue weighted by Crippen LogP contribution is 2.42. The van der Waals surface area contributed by atoms with Crippen LogP contribution in [-0.2, 0) is 24.4 Å². The summed E-state index contributed by atoms with van der Waals surface area (Å²) < 4.78 is 12.6. The average molecular weight is 545 g/mol. The molecule has 0 bridgehead atoms. The minimum atomic E-state index is -1.14. The first-order chi connectivity index (χ1) is 19.0. The molecule has 1 aliphatic rings. The van der Waals surface area contributed by atoms with Gasteiger partial charge >= 0.3 is 5.97 Å². The summed E-state index contributed by atoms with van der Waals surface area (Å²) in [6.07, 6.45) is 4.96. The molecule has 1 aromatic heterocycles. The minimum absolute atomic E-state index is 0.132. The summed E-state index contributed by atoms with van der Waals surface area (Å²) in [5, 5.41) is 21.9. The molecule has 0 amide bonds. The normalized spacial score (nSPS) is 15.0. The number of ether oxygens (including phenoxy) is 2. The second-order valence-electron chi connectivity index (χ2n) is 9.38. The lowest BCUT2D eigenvalue weighted by molar-refractivity contribution is -0.140. The van der Waals surface area contributed by atoms with Gasteiger partial charge in [0, 0.05) is 36.1 Å². The summed E-state index contributed by atoms with van der Waals surface area (Å²) >= 11 is 6.68. The molecule has 1 unspecified atom stereocenters. The van der Waals surface area contributed by atoms with E-state index in [0.29, 0.717) is 22.1 Å². The van der Waals surface area contributed by atoms with Gasteiger partial charge in [-0.1, -0.05) is 66.2 Å². The number of carboxylic acids is 1. The molecule has 3 aromatic carbocycles.